The molecule has 0 spiro atoms. The molecule has 0 aliphatic rings. The lowest BCUT2D eigenvalue weighted by Crippen LogP contribution is -2.24. The van der Waals surface area contributed by atoms with Crippen LogP contribution < -0.4 is 5.32 Å². The maximum Gasteiger partial charge on any atom is 0.230 e. The summed E-state index contributed by atoms with van der Waals surface area (Å²) in [4.78, 5) is 22.6. The molecule has 0 aliphatic heterocycles. The molecule has 4 aromatic rings. The van der Waals surface area contributed by atoms with E-state index in [0.29, 0.717) is 12.3 Å². The Morgan fingerprint density at radius 2 is 1.74 bits per heavy atom. The van der Waals surface area contributed by atoms with E-state index in [1.54, 1.807) is 22.7 Å². The highest BCUT2D eigenvalue weighted by molar-refractivity contribution is 7.99. The monoisotopic (exact) mass is 411 g/mol. The third-order valence-corrected chi connectivity index (χ3v) is 6.51. The van der Waals surface area contributed by atoms with E-state index in [2.05, 4.69) is 27.8 Å². The third kappa shape index (κ3) is 4.50. The molecule has 4 nitrogen and oxygen atoms in total. The molecule has 3 heterocycles. The quantitative estimate of drug-likeness (QED) is 0.407. The molecule has 7 heteroatoms. The van der Waals surface area contributed by atoms with Crippen LogP contribution in [0.4, 0.5) is 0 Å². The van der Waals surface area contributed by atoms with Gasteiger partial charge in [0.2, 0.25) is 5.91 Å². The van der Waals surface area contributed by atoms with Crippen molar-refractivity contribution in [3.63, 3.8) is 0 Å². The first-order valence-corrected chi connectivity index (χ1v) is 11.2. The lowest BCUT2D eigenvalue weighted by atomic mass is 10.2. The van der Waals surface area contributed by atoms with Crippen LogP contribution in [-0.4, -0.2) is 21.6 Å². The van der Waals surface area contributed by atoms with E-state index in [9.17, 15) is 4.79 Å². The van der Waals surface area contributed by atoms with Crippen LogP contribution >= 0.6 is 34.4 Å². The predicted molar refractivity (Wildman–Crippen MR) is 114 cm³/mol. The number of hydrogen-bond donors (Lipinski definition) is 2. The average molecular weight is 412 g/mol. The number of benzene rings is 1. The topological polar surface area (TPSA) is 57.8 Å². The van der Waals surface area contributed by atoms with Crippen LogP contribution in [0.15, 0.2) is 70.5 Å². The fourth-order valence-corrected chi connectivity index (χ4v) is 4.74. The van der Waals surface area contributed by atoms with E-state index in [1.807, 2.05) is 47.8 Å². The number of aromatic nitrogens is 2. The van der Waals surface area contributed by atoms with Crippen molar-refractivity contribution >= 4 is 40.3 Å². The van der Waals surface area contributed by atoms with Crippen molar-refractivity contribution in [2.24, 2.45) is 0 Å². The van der Waals surface area contributed by atoms with E-state index >= 15 is 0 Å². The smallest absolute Gasteiger partial charge is 0.230 e. The van der Waals surface area contributed by atoms with E-state index in [4.69, 9.17) is 4.98 Å². The lowest BCUT2D eigenvalue weighted by molar-refractivity contribution is -0.118. The van der Waals surface area contributed by atoms with Crippen molar-refractivity contribution in [3.8, 4) is 21.1 Å². The fraction of sp³-hybridized carbons (Fsp3) is 0.100. The molecule has 0 saturated heterocycles. The minimum Gasteiger partial charge on any atom is -0.351 e. The van der Waals surface area contributed by atoms with Crippen LogP contribution in [0.25, 0.3) is 21.1 Å². The molecule has 0 radical (unpaired) electrons. The van der Waals surface area contributed by atoms with Gasteiger partial charge in [-0.3, -0.25) is 4.79 Å². The highest BCUT2D eigenvalue weighted by atomic mass is 32.2. The Morgan fingerprint density at radius 1 is 1.00 bits per heavy atom. The Morgan fingerprint density at radius 3 is 2.44 bits per heavy atom. The minimum atomic E-state index is -0.00407. The highest BCUT2D eigenvalue weighted by Crippen LogP contribution is 2.36. The van der Waals surface area contributed by atoms with Crippen LogP contribution in [0.3, 0.4) is 0 Å². The average Bonchev–Trinajstić information content (AvgIpc) is 3.46. The number of nitrogens with one attached hydrogen (secondary N) is 2. The highest BCUT2D eigenvalue weighted by Gasteiger charge is 2.16. The molecule has 1 amide bonds. The molecule has 0 aliphatic carbocycles. The number of amides is 1. The SMILES string of the molecule is O=C(CSc1nc(-c2cccs2)c(-c2cccs2)[nH]1)NCc1ccccc1. The number of H-pyrrole nitrogens is 1. The van der Waals surface area contributed by atoms with Crippen molar-refractivity contribution in [1.29, 1.82) is 0 Å². The van der Waals surface area contributed by atoms with E-state index in [1.165, 1.54) is 11.8 Å². The summed E-state index contributed by atoms with van der Waals surface area (Å²) in [6.45, 7) is 0.541. The second-order valence-corrected chi connectivity index (χ2v) is 8.63. The molecule has 0 atom stereocenters. The zero-order valence-electron chi connectivity index (χ0n) is 14.3. The summed E-state index contributed by atoms with van der Waals surface area (Å²) in [5, 5.41) is 7.81. The first-order chi connectivity index (χ1) is 13.3. The number of thiophene rings is 2. The number of aromatic amines is 1. The van der Waals surface area contributed by atoms with Gasteiger partial charge in [-0.2, -0.15) is 0 Å². The van der Waals surface area contributed by atoms with Crippen LogP contribution in [0.1, 0.15) is 5.56 Å². The second kappa shape index (κ2) is 8.56. The summed E-state index contributed by atoms with van der Waals surface area (Å²) in [7, 11) is 0. The van der Waals surface area contributed by atoms with E-state index in [0.717, 1.165) is 31.9 Å². The largest absolute Gasteiger partial charge is 0.351 e. The van der Waals surface area contributed by atoms with Crippen LogP contribution in [-0.2, 0) is 11.3 Å². The zero-order chi connectivity index (χ0) is 18.5. The summed E-state index contributed by atoms with van der Waals surface area (Å²) < 4.78 is 0. The Bertz CT molecular complexity index is 941. The molecule has 3 aromatic heterocycles. The zero-order valence-corrected chi connectivity index (χ0v) is 16.8. The molecule has 136 valence electrons. The first-order valence-electron chi connectivity index (χ1n) is 8.41. The number of thioether (sulfide) groups is 1. The van der Waals surface area contributed by atoms with Gasteiger partial charge in [0.25, 0.3) is 0 Å². The van der Waals surface area contributed by atoms with Gasteiger partial charge in [0.05, 0.1) is 21.2 Å². The van der Waals surface area contributed by atoms with Gasteiger partial charge in [-0.1, -0.05) is 54.2 Å². The second-order valence-electron chi connectivity index (χ2n) is 5.77. The van der Waals surface area contributed by atoms with Crippen molar-refractivity contribution in [2.75, 3.05) is 5.75 Å². The van der Waals surface area contributed by atoms with Crippen LogP contribution in [0.5, 0.6) is 0 Å². The summed E-state index contributed by atoms with van der Waals surface area (Å²) in [5.74, 6) is 0.323. The molecule has 27 heavy (non-hydrogen) atoms. The summed E-state index contributed by atoms with van der Waals surface area (Å²) >= 11 is 4.76. The van der Waals surface area contributed by atoms with Gasteiger partial charge < -0.3 is 10.3 Å². The van der Waals surface area contributed by atoms with Gasteiger partial charge in [0.15, 0.2) is 5.16 Å². The molecule has 0 saturated carbocycles. The maximum atomic E-state index is 12.2. The van der Waals surface area contributed by atoms with Crippen molar-refractivity contribution in [3.05, 3.63) is 70.9 Å². The fourth-order valence-electron chi connectivity index (χ4n) is 2.59. The predicted octanol–water partition coefficient (Wildman–Crippen LogP) is 5.28. The normalized spacial score (nSPS) is 10.8. The first kappa shape index (κ1) is 18.0. The standard InChI is InChI=1S/C20H17N3OS3/c24-17(21-12-14-6-2-1-3-7-14)13-27-20-22-18(15-8-4-10-25-15)19(23-20)16-9-5-11-26-16/h1-11H,12-13H2,(H,21,24)(H,22,23). The van der Waals surface area contributed by atoms with Gasteiger partial charge in [0, 0.05) is 6.54 Å². The lowest BCUT2D eigenvalue weighted by Gasteiger charge is -2.04. The summed E-state index contributed by atoms with van der Waals surface area (Å²) in [5.41, 5.74) is 3.05. The Balaban J connectivity index is 1.43. The molecule has 2 N–H and O–H groups in total. The van der Waals surface area contributed by atoms with Gasteiger partial charge in [-0.15, -0.1) is 22.7 Å². The molecule has 0 fully saturated rings. The maximum absolute atomic E-state index is 12.2. The summed E-state index contributed by atoms with van der Waals surface area (Å²) in [6.07, 6.45) is 0. The van der Waals surface area contributed by atoms with Gasteiger partial charge in [0.1, 0.15) is 5.69 Å². The molecule has 0 bridgehead atoms. The van der Waals surface area contributed by atoms with Crippen LogP contribution in [0, 0.1) is 0 Å². The van der Waals surface area contributed by atoms with E-state index in [-0.39, 0.29) is 5.91 Å². The number of hydrogen-bond acceptors (Lipinski definition) is 5. The number of carbonyl (C=O) groups excluding carboxylic acids is 1. The van der Waals surface area contributed by atoms with Crippen molar-refractivity contribution in [1.82, 2.24) is 15.3 Å². The van der Waals surface area contributed by atoms with Gasteiger partial charge in [-0.25, -0.2) is 4.98 Å². The number of nitrogens with zero attached hydrogens (tertiary/aromatic N) is 1. The number of imidazole rings is 1. The Labute approximate surface area is 169 Å². The van der Waals surface area contributed by atoms with E-state index < -0.39 is 0 Å². The van der Waals surface area contributed by atoms with Crippen LogP contribution in [0.2, 0.25) is 0 Å². The molecule has 0 unspecified atom stereocenters. The third-order valence-electron chi connectivity index (χ3n) is 3.88. The Hall–Kier alpha value is -2.35. The minimum absolute atomic E-state index is 0.00407. The molecular weight excluding hydrogens is 394 g/mol. The number of rotatable bonds is 7. The number of carbonyl (C=O) groups is 1. The van der Waals surface area contributed by atoms with Gasteiger partial charge >= 0.3 is 0 Å². The van der Waals surface area contributed by atoms with Crippen molar-refractivity contribution in [2.45, 2.75) is 11.7 Å². The molecule has 1 aromatic carbocycles. The summed E-state index contributed by atoms with van der Waals surface area (Å²) in [6, 6.07) is 18.1. The molecular formula is C20H17N3OS3. The molecule has 4 rings (SSSR count). The van der Waals surface area contributed by atoms with Gasteiger partial charge in [-0.05, 0) is 28.5 Å². The van der Waals surface area contributed by atoms with Crippen molar-refractivity contribution < 1.29 is 4.79 Å². The Kier molecular flexibility index (Phi) is 5.72.